The van der Waals surface area contributed by atoms with E-state index in [1.165, 1.54) is 0 Å². The molecule has 0 bridgehead atoms. The minimum atomic E-state index is -0.0708. The average molecular weight is 262 g/mol. The third kappa shape index (κ3) is 3.38. The molecule has 0 amide bonds. The van der Waals surface area contributed by atoms with Crippen LogP contribution in [0.5, 0.6) is 0 Å². The van der Waals surface area contributed by atoms with Crippen molar-refractivity contribution in [1.29, 1.82) is 0 Å². The third-order valence-electron chi connectivity index (χ3n) is 2.76. The lowest BCUT2D eigenvalue weighted by molar-refractivity contribution is 0.0433. The van der Waals surface area contributed by atoms with Crippen LogP contribution in [0.3, 0.4) is 0 Å². The number of hydrogen-bond donors (Lipinski definition) is 1. The largest absolute Gasteiger partial charge is 0.372 e. The lowest BCUT2D eigenvalue weighted by Crippen LogP contribution is -2.32. The molecule has 0 fully saturated rings. The molecule has 2 N–H and O–H groups in total. The van der Waals surface area contributed by atoms with E-state index in [0.29, 0.717) is 6.61 Å². The monoisotopic (exact) mass is 262 g/mol. The Labute approximate surface area is 112 Å². The molecule has 2 rings (SSSR count). The van der Waals surface area contributed by atoms with Crippen molar-refractivity contribution in [2.75, 3.05) is 6.61 Å². The maximum absolute atomic E-state index is 6.27. The Morgan fingerprint density at radius 1 is 1.33 bits per heavy atom. The molecule has 0 aliphatic carbocycles. The summed E-state index contributed by atoms with van der Waals surface area (Å²) in [7, 11) is 0. The Morgan fingerprint density at radius 2 is 2.11 bits per heavy atom. The SMILES string of the molecule is CCOC(c1ccccc1)C(N)Cc1nccs1. The summed E-state index contributed by atoms with van der Waals surface area (Å²) >= 11 is 1.64. The smallest absolute Gasteiger partial charge is 0.0979 e. The average Bonchev–Trinajstić information content (AvgIpc) is 2.89. The van der Waals surface area contributed by atoms with Crippen LogP contribution in [0, 0.1) is 0 Å². The molecule has 18 heavy (non-hydrogen) atoms. The molecule has 1 aromatic carbocycles. The van der Waals surface area contributed by atoms with Gasteiger partial charge in [0.2, 0.25) is 0 Å². The first-order chi connectivity index (χ1) is 8.81. The van der Waals surface area contributed by atoms with E-state index in [1.807, 2.05) is 36.7 Å². The maximum atomic E-state index is 6.27. The first kappa shape index (κ1) is 13.2. The fourth-order valence-corrected chi connectivity index (χ4v) is 2.64. The number of aromatic nitrogens is 1. The standard InChI is InChI=1S/C14H18N2OS/c1-2-17-14(11-6-4-3-5-7-11)12(15)10-13-16-8-9-18-13/h3-9,12,14H,2,10,15H2,1H3. The predicted octanol–water partition coefficient (Wildman–Crippen LogP) is 2.79. The van der Waals surface area contributed by atoms with Crippen LogP contribution in [0.25, 0.3) is 0 Å². The van der Waals surface area contributed by atoms with Gasteiger partial charge >= 0.3 is 0 Å². The zero-order valence-corrected chi connectivity index (χ0v) is 11.3. The Balaban J connectivity index is 2.09. The fraction of sp³-hybridized carbons (Fsp3) is 0.357. The molecule has 1 aromatic heterocycles. The number of nitrogens with two attached hydrogens (primary N) is 1. The van der Waals surface area contributed by atoms with Crippen LogP contribution >= 0.6 is 11.3 Å². The van der Waals surface area contributed by atoms with E-state index in [4.69, 9.17) is 10.5 Å². The van der Waals surface area contributed by atoms with Gasteiger partial charge in [0.1, 0.15) is 0 Å². The van der Waals surface area contributed by atoms with Gasteiger partial charge in [-0.15, -0.1) is 11.3 Å². The summed E-state index contributed by atoms with van der Waals surface area (Å²) in [6.45, 7) is 2.65. The molecule has 0 aliphatic heterocycles. The van der Waals surface area contributed by atoms with Crippen molar-refractivity contribution in [3.8, 4) is 0 Å². The van der Waals surface area contributed by atoms with Gasteiger partial charge in [-0.1, -0.05) is 30.3 Å². The highest BCUT2D eigenvalue weighted by Gasteiger charge is 2.21. The lowest BCUT2D eigenvalue weighted by Gasteiger charge is -2.23. The maximum Gasteiger partial charge on any atom is 0.0979 e. The number of thiazole rings is 1. The van der Waals surface area contributed by atoms with Crippen molar-refractivity contribution in [2.24, 2.45) is 5.73 Å². The molecule has 0 saturated heterocycles. The Hall–Kier alpha value is -1.23. The topological polar surface area (TPSA) is 48.1 Å². The number of nitrogens with zero attached hydrogens (tertiary/aromatic N) is 1. The minimum absolute atomic E-state index is 0.0694. The van der Waals surface area contributed by atoms with Crippen LogP contribution in [0.4, 0.5) is 0 Å². The van der Waals surface area contributed by atoms with Crippen molar-refractivity contribution < 1.29 is 4.74 Å². The second-order valence-electron chi connectivity index (χ2n) is 4.08. The molecule has 0 saturated carbocycles. The summed E-state index contributed by atoms with van der Waals surface area (Å²) < 4.78 is 5.79. The Bertz CT molecular complexity index is 444. The molecule has 0 radical (unpaired) electrons. The molecule has 2 atom stereocenters. The molecule has 3 nitrogen and oxygen atoms in total. The van der Waals surface area contributed by atoms with Crippen LogP contribution < -0.4 is 5.73 Å². The van der Waals surface area contributed by atoms with E-state index < -0.39 is 0 Å². The minimum Gasteiger partial charge on any atom is -0.372 e. The molecule has 0 spiro atoms. The van der Waals surface area contributed by atoms with Crippen LogP contribution in [-0.2, 0) is 11.2 Å². The van der Waals surface area contributed by atoms with Crippen molar-refractivity contribution in [1.82, 2.24) is 4.98 Å². The van der Waals surface area contributed by atoms with Gasteiger partial charge < -0.3 is 10.5 Å². The highest BCUT2D eigenvalue weighted by Crippen LogP contribution is 2.22. The first-order valence-corrected chi connectivity index (χ1v) is 6.99. The van der Waals surface area contributed by atoms with Gasteiger partial charge in [0.05, 0.1) is 11.1 Å². The number of ether oxygens (including phenoxy) is 1. The van der Waals surface area contributed by atoms with Crippen molar-refractivity contribution >= 4 is 11.3 Å². The van der Waals surface area contributed by atoms with Gasteiger partial charge in [-0.05, 0) is 12.5 Å². The molecular weight excluding hydrogens is 244 g/mol. The number of hydrogen-bond acceptors (Lipinski definition) is 4. The summed E-state index contributed by atoms with van der Waals surface area (Å²) in [5.41, 5.74) is 7.40. The van der Waals surface area contributed by atoms with Crippen molar-refractivity contribution in [3.05, 3.63) is 52.5 Å². The van der Waals surface area contributed by atoms with E-state index >= 15 is 0 Å². The zero-order valence-electron chi connectivity index (χ0n) is 10.5. The molecule has 96 valence electrons. The summed E-state index contributed by atoms with van der Waals surface area (Å²) in [6.07, 6.45) is 2.49. The highest BCUT2D eigenvalue weighted by atomic mass is 32.1. The molecule has 1 heterocycles. The van der Waals surface area contributed by atoms with E-state index in [-0.39, 0.29) is 12.1 Å². The fourth-order valence-electron chi connectivity index (χ4n) is 1.95. The molecule has 2 aromatic rings. The lowest BCUT2D eigenvalue weighted by atomic mass is 10.0. The van der Waals surface area contributed by atoms with Gasteiger partial charge in [-0.25, -0.2) is 4.98 Å². The van der Waals surface area contributed by atoms with E-state index in [0.717, 1.165) is 17.0 Å². The zero-order chi connectivity index (χ0) is 12.8. The van der Waals surface area contributed by atoms with E-state index in [2.05, 4.69) is 17.1 Å². The second-order valence-corrected chi connectivity index (χ2v) is 5.06. The van der Waals surface area contributed by atoms with Crippen LogP contribution in [0.15, 0.2) is 41.9 Å². The normalized spacial score (nSPS) is 14.3. The van der Waals surface area contributed by atoms with E-state index in [1.54, 1.807) is 11.3 Å². The van der Waals surface area contributed by atoms with Gasteiger partial charge in [0.25, 0.3) is 0 Å². The summed E-state index contributed by atoms with van der Waals surface area (Å²) in [5, 5.41) is 3.03. The molecule has 0 aliphatic rings. The second kappa shape index (κ2) is 6.64. The van der Waals surface area contributed by atoms with Gasteiger partial charge in [0, 0.05) is 30.6 Å². The van der Waals surface area contributed by atoms with Gasteiger partial charge in [-0.2, -0.15) is 0 Å². The van der Waals surface area contributed by atoms with Gasteiger partial charge in [-0.3, -0.25) is 0 Å². The van der Waals surface area contributed by atoms with Crippen LogP contribution in [-0.4, -0.2) is 17.6 Å². The number of benzene rings is 1. The predicted molar refractivity (Wildman–Crippen MR) is 74.6 cm³/mol. The third-order valence-corrected chi connectivity index (χ3v) is 3.56. The van der Waals surface area contributed by atoms with Crippen molar-refractivity contribution in [2.45, 2.75) is 25.5 Å². The Kier molecular flexibility index (Phi) is 4.87. The summed E-state index contributed by atoms with van der Waals surface area (Å²) in [4.78, 5) is 4.28. The summed E-state index contributed by atoms with van der Waals surface area (Å²) in [5.74, 6) is 0. The van der Waals surface area contributed by atoms with Crippen LogP contribution in [0.2, 0.25) is 0 Å². The van der Waals surface area contributed by atoms with Crippen molar-refractivity contribution in [3.63, 3.8) is 0 Å². The van der Waals surface area contributed by atoms with Gasteiger partial charge in [0.15, 0.2) is 0 Å². The highest BCUT2D eigenvalue weighted by molar-refractivity contribution is 7.09. The molecular formula is C14H18N2OS. The van der Waals surface area contributed by atoms with E-state index in [9.17, 15) is 0 Å². The first-order valence-electron chi connectivity index (χ1n) is 6.11. The quantitative estimate of drug-likeness (QED) is 0.871. The number of rotatable bonds is 6. The molecule has 2 unspecified atom stereocenters. The molecule has 4 heteroatoms. The Morgan fingerprint density at radius 3 is 2.72 bits per heavy atom. The van der Waals surface area contributed by atoms with Crippen LogP contribution in [0.1, 0.15) is 23.6 Å². The summed E-state index contributed by atoms with van der Waals surface area (Å²) in [6, 6.07) is 10.1.